The number of carbonyl (C=O) groups excluding carboxylic acids is 2. The summed E-state index contributed by atoms with van der Waals surface area (Å²) in [5, 5.41) is 0.770. The number of ether oxygens (including phenoxy) is 2. The van der Waals surface area contributed by atoms with Crippen LogP contribution in [0, 0.1) is 0 Å². The van der Waals surface area contributed by atoms with Gasteiger partial charge >= 0.3 is 0 Å². The molecule has 0 fully saturated rings. The van der Waals surface area contributed by atoms with Gasteiger partial charge in [0.15, 0.2) is 5.16 Å². The fraction of sp³-hybridized carbons (Fsp3) is 0.353. The number of carbonyl (C=O) groups is 2. The molecular weight excluding hydrogens is 328 g/mol. The third-order valence-corrected chi connectivity index (χ3v) is 4.33. The first kappa shape index (κ1) is 18.1. The van der Waals surface area contributed by atoms with Gasteiger partial charge in [0.2, 0.25) is 0 Å². The number of hydrogen-bond acceptors (Lipinski definition) is 6. The zero-order chi connectivity index (χ0) is 17.5. The maximum absolute atomic E-state index is 10.8. The zero-order valence-electron chi connectivity index (χ0n) is 13.8. The van der Waals surface area contributed by atoms with Crippen molar-refractivity contribution in [1.29, 1.82) is 0 Å². The van der Waals surface area contributed by atoms with Gasteiger partial charge in [0, 0.05) is 6.54 Å². The Balaban J connectivity index is 2.52. The molecule has 0 bridgehead atoms. The van der Waals surface area contributed by atoms with Crippen molar-refractivity contribution in [3.63, 3.8) is 0 Å². The number of imidazole rings is 1. The molecule has 2 unspecified atom stereocenters. The minimum Gasteiger partial charge on any atom is -0.458 e. The van der Waals surface area contributed by atoms with Crippen LogP contribution in [0.4, 0.5) is 0 Å². The molecular formula is C17H20N2O4S. The first-order valence-electron chi connectivity index (χ1n) is 7.48. The van der Waals surface area contributed by atoms with E-state index in [1.807, 2.05) is 41.2 Å². The lowest BCUT2D eigenvalue weighted by Crippen LogP contribution is -2.13. The van der Waals surface area contributed by atoms with E-state index in [1.54, 1.807) is 13.8 Å². The summed E-state index contributed by atoms with van der Waals surface area (Å²) >= 11 is 1.48. The highest BCUT2D eigenvalue weighted by Gasteiger charge is 2.26. The largest absolute Gasteiger partial charge is 0.458 e. The Morgan fingerprint density at radius 3 is 2.33 bits per heavy atom. The molecule has 1 aromatic heterocycles. The summed E-state index contributed by atoms with van der Waals surface area (Å²) in [4.78, 5) is 26.1. The van der Waals surface area contributed by atoms with Gasteiger partial charge in [-0.2, -0.15) is 0 Å². The SMILES string of the molecule is CSc1nc(C(C)OC=O)c(C(C)OC=O)n1Cc1ccccc1. The highest BCUT2D eigenvalue weighted by atomic mass is 32.2. The van der Waals surface area contributed by atoms with E-state index in [0.29, 0.717) is 25.2 Å². The Hall–Kier alpha value is -2.28. The van der Waals surface area contributed by atoms with E-state index in [9.17, 15) is 9.59 Å². The molecule has 7 heteroatoms. The summed E-state index contributed by atoms with van der Waals surface area (Å²) in [6.45, 7) is 4.91. The maximum atomic E-state index is 10.8. The third-order valence-electron chi connectivity index (χ3n) is 3.66. The summed E-state index contributed by atoms with van der Waals surface area (Å²) in [5.41, 5.74) is 2.42. The van der Waals surface area contributed by atoms with Crippen molar-refractivity contribution in [1.82, 2.24) is 9.55 Å². The predicted molar refractivity (Wildman–Crippen MR) is 90.7 cm³/mol. The van der Waals surface area contributed by atoms with E-state index in [1.165, 1.54) is 11.8 Å². The highest BCUT2D eigenvalue weighted by molar-refractivity contribution is 7.98. The monoisotopic (exact) mass is 348 g/mol. The lowest BCUT2D eigenvalue weighted by molar-refractivity contribution is -0.135. The van der Waals surface area contributed by atoms with Crippen LogP contribution < -0.4 is 0 Å². The smallest absolute Gasteiger partial charge is 0.293 e. The van der Waals surface area contributed by atoms with Crippen LogP contribution in [0.5, 0.6) is 0 Å². The van der Waals surface area contributed by atoms with Gasteiger partial charge in [-0.25, -0.2) is 4.98 Å². The second-order valence-corrected chi connectivity index (χ2v) is 5.96. The van der Waals surface area contributed by atoms with Crippen molar-refractivity contribution in [3.05, 3.63) is 47.3 Å². The summed E-state index contributed by atoms with van der Waals surface area (Å²) in [6.07, 6.45) is 0.888. The first-order valence-corrected chi connectivity index (χ1v) is 8.71. The normalized spacial score (nSPS) is 13.1. The molecule has 0 aliphatic rings. The average Bonchev–Trinajstić information content (AvgIpc) is 2.95. The number of nitrogens with zero attached hydrogens (tertiary/aromatic N) is 2. The maximum Gasteiger partial charge on any atom is 0.293 e. The van der Waals surface area contributed by atoms with Crippen molar-refractivity contribution < 1.29 is 19.1 Å². The van der Waals surface area contributed by atoms with E-state index in [4.69, 9.17) is 9.47 Å². The molecule has 1 aromatic carbocycles. The standard InChI is InChI=1S/C17H20N2O4S/c1-12(22-10-20)15-16(13(2)23-11-21)19(17(18-15)24-3)9-14-7-5-4-6-8-14/h4-8,10-13H,9H2,1-3H3. The van der Waals surface area contributed by atoms with Crippen molar-refractivity contribution in [3.8, 4) is 0 Å². The highest BCUT2D eigenvalue weighted by Crippen LogP contribution is 2.32. The van der Waals surface area contributed by atoms with Gasteiger partial charge in [-0.15, -0.1) is 0 Å². The fourth-order valence-corrected chi connectivity index (χ4v) is 3.13. The van der Waals surface area contributed by atoms with Crippen molar-refractivity contribution >= 4 is 24.7 Å². The number of thioether (sulfide) groups is 1. The minimum atomic E-state index is -0.530. The van der Waals surface area contributed by atoms with Crippen LogP contribution in [0.15, 0.2) is 35.5 Å². The van der Waals surface area contributed by atoms with Gasteiger partial charge in [0.05, 0.1) is 5.69 Å². The Morgan fingerprint density at radius 1 is 1.12 bits per heavy atom. The third kappa shape index (κ3) is 3.97. The molecule has 0 spiro atoms. The predicted octanol–water partition coefficient (Wildman–Crippen LogP) is 3.12. The van der Waals surface area contributed by atoms with Crippen LogP contribution in [-0.2, 0) is 25.6 Å². The van der Waals surface area contributed by atoms with Crippen LogP contribution in [0.2, 0.25) is 0 Å². The first-order chi connectivity index (χ1) is 11.6. The van der Waals surface area contributed by atoms with Crippen molar-refractivity contribution in [2.45, 2.75) is 37.8 Å². The molecule has 2 aromatic rings. The Labute approximate surface area is 145 Å². The minimum absolute atomic E-state index is 0.397. The molecule has 0 amide bonds. The van der Waals surface area contributed by atoms with Crippen LogP contribution in [0.25, 0.3) is 0 Å². The molecule has 0 N–H and O–H groups in total. The lowest BCUT2D eigenvalue weighted by atomic mass is 10.1. The summed E-state index contributed by atoms with van der Waals surface area (Å²) in [7, 11) is 0. The van der Waals surface area contributed by atoms with Gasteiger partial charge in [-0.3, -0.25) is 9.59 Å². The van der Waals surface area contributed by atoms with Gasteiger partial charge < -0.3 is 14.0 Å². The molecule has 128 valence electrons. The zero-order valence-corrected chi connectivity index (χ0v) is 14.7. The Bertz CT molecular complexity index is 687. The van der Waals surface area contributed by atoms with Crippen LogP contribution in [0.1, 0.15) is 43.0 Å². The summed E-state index contributed by atoms with van der Waals surface area (Å²) in [6, 6.07) is 9.93. The van der Waals surface area contributed by atoms with Crippen LogP contribution >= 0.6 is 11.8 Å². The molecule has 6 nitrogen and oxygen atoms in total. The molecule has 2 rings (SSSR count). The van der Waals surface area contributed by atoms with E-state index in [2.05, 4.69) is 4.98 Å². The number of aromatic nitrogens is 2. The lowest BCUT2D eigenvalue weighted by Gasteiger charge is -2.18. The number of rotatable bonds is 9. The van der Waals surface area contributed by atoms with Crippen molar-refractivity contribution in [2.24, 2.45) is 0 Å². The molecule has 24 heavy (non-hydrogen) atoms. The van der Waals surface area contributed by atoms with Gasteiger partial charge in [-0.1, -0.05) is 42.1 Å². The van der Waals surface area contributed by atoms with E-state index in [-0.39, 0.29) is 0 Å². The van der Waals surface area contributed by atoms with E-state index < -0.39 is 12.2 Å². The number of benzene rings is 1. The van der Waals surface area contributed by atoms with E-state index in [0.717, 1.165) is 16.4 Å². The molecule has 0 aliphatic carbocycles. The summed E-state index contributed by atoms with van der Waals surface area (Å²) < 4.78 is 12.2. The molecule has 0 saturated heterocycles. The molecule has 2 atom stereocenters. The topological polar surface area (TPSA) is 70.4 Å². The molecule has 0 aliphatic heterocycles. The number of hydrogen-bond donors (Lipinski definition) is 0. The van der Waals surface area contributed by atoms with Gasteiger partial charge in [-0.05, 0) is 25.7 Å². The van der Waals surface area contributed by atoms with Gasteiger partial charge in [0.25, 0.3) is 12.9 Å². The van der Waals surface area contributed by atoms with Crippen LogP contribution in [0.3, 0.4) is 0 Å². The van der Waals surface area contributed by atoms with Crippen molar-refractivity contribution in [2.75, 3.05) is 6.26 Å². The van der Waals surface area contributed by atoms with E-state index >= 15 is 0 Å². The average molecular weight is 348 g/mol. The fourth-order valence-electron chi connectivity index (χ4n) is 2.56. The molecule has 0 saturated carbocycles. The molecule has 0 radical (unpaired) electrons. The van der Waals surface area contributed by atoms with Crippen LogP contribution in [-0.4, -0.2) is 28.8 Å². The second kappa shape index (κ2) is 8.54. The summed E-state index contributed by atoms with van der Waals surface area (Å²) in [5.74, 6) is 0. The Kier molecular flexibility index (Phi) is 6.43. The second-order valence-electron chi connectivity index (χ2n) is 5.19. The quantitative estimate of drug-likeness (QED) is 0.512. The van der Waals surface area contributed by atoms with Gasteiger partial charge in [0.1, 0.15) is 17.9 Å². The molecule has 1 heterocycles. The Morgan fingerprint density at radius 2 is 1.75 bits per heavy atom.